The van der Waals surface area contributed by atoms with Crippen molar-refractivity contribution in [3.05, 3.63) is 40.9 Å². The lowest BCUT2D eigenvalue weighted by atomic mass is 10.2. The molecule has 0 fully saturated rings. The van der Waals surface area contributed by atoms with E-state index in [1.165, 1.54) is 0 Å². The molecule has 15 heavy (non-hydrogen) atoms. The molecule has 0 unspecified atom stereocenters. The quantitative estimate of drug-likeness (QED) is 0.734. The van der Waals surface area contributed by atoms with Crippen LogP contribution >= 0.6 is 11.6 Å². The Morgan fingerprint density at radius 2 is 2.07 bits per heavy atom. The fourth-order valence-electron chi connectivity index (χ4n) is 1.13. The van der Waals surface area contributed by atoms with Crippen LogP contribution in [0.5, 0.6) is 0 Å². The van der Waals surface area contributed by atoms with E-state index in [4.69, 9.17) is 16.3 Å². The number of carbonyl (C=O) groups is 1. The molecule has 0 amide bonds. The molecule has 0 heterocycles. The molecule has 0 aliphatic heterocycles. The van der Waals surface area contributed by atoms with Crippen LogP contribution in [-0.4, -0.2) is 12.6 Å². The molecule has 3 heteroatoms. The molecule has 0 saturated carbocycles. The summed E-state index contributed by atoms with van der Waals surface area (Å²) in [5, 5.41) is 0.486. The van der Waals surface area contributed by atoms with Crippen molar-refractivity contribution in [2.45, 2.75) is 13.3 Å². The Balaban J connectivity index is 2.57. The third-order valence-electron chi connectivity index (χ3n) is 1.74. The number of benzene rings is 1. The maximum absolute atomic E-state index is 11.1. The zero-order valence-electron chi connectivity index (χ0n) is 8.57. The van der Waals surface area contributed by atoms with E-state index < -0.39 is 0 Å². The van der Waals surface area contributed by atoms with Crippen LogP contribution in [0.4, 0.5) is 0 Å². The lowest BCUT2D eigenvalue weighted by molar-refractivity contribution is -0.142. The largest absolute Gasteiger partial charge is 0.466 e. The molecule has 1 aromatic rings. The molecular formula is C12H13ClO2. The maximum atomic E-state index is 11.1. The molecule has 0 radical (unpaired) electrons. The minimum absolute atomic E-state index is 0.129. The van der Waals surface area contributed by atoms with E-state index in [1.54, 1.807) is 13.0 Å². The lowest BCUT2D eigenvalue weighted by Gasteiger charge is -2.00. The van der Waals surface area contributed by atoms with Gasteiger partial charge in [-0.2, -0.15) is 0 Å². The Hall–Kier alpha value is -1.28. The Morgan fingerprint density at radius 3 is 2.67 bits per heavy atom. The standard InChI is InChI=1S/C12H13ClO2/c1-2-15-12(14)9-11(13)8-10-6-4-3-5-7-10/h3-8H,2,9H2,1H3/b11-8-. The SMILES string of the molecule is CCOC(=O)C/C(Cl)=C/c1ccccc1. The van der Waals surface area contributed by atoms with E-state index in [1.807, 2.05) is 30.3 Å². The molecule has 2 nitrogen and oxygen atoms in total. The summed E-state index contributed by atoms with van der Waals surface area (Å²) in [7, 11) is 0. The number of carbonyl (C=O) groups excluding carboxylic acids is 1. The van der Waals surface area contributed by atoms with Gasteiger partial charge in [0.1, 0.15) is 0 Å². The van der Waals surface area contributed by atoms with Crippen LogP contribution in [0, 0.1) is 0 Å². The third-order valence-corrected chi connectivity index (χ3v) is 1.98. The number of rotatable bonds is 4. The van der Waals surface area contributed by atoms with Crippen molar-refractivity contribution >= 4 is 23.6 Å². The van der Waals surface area contributed by atoms with Crippen molar-refractivity contribution in [3.8, 4) is 0 Å². The number of halogens is 1. The first-order valence-corrected chi connectivity index (χ1v) is 5.17. The summed E-state index contributed by atoms with van der Waals surface area (Å²) in [6.45, 7) is 2.15. The number of esters is 1. The normalized spacial score (nSPS) is 11.2. The minimum atomic E-state index is -0.297. The van der Waals surface area contributed by atoms with E-state index in [0.29, 0.717) is 11.6 Å². The summed E-state index contributed by atoms with van der Waals surface area (Å²) in [6, 6.07) is 9.61. The van der Waals surface area contributed by atoms with Crippen molar-refractivity contribution in [2.24, 2.45) is 0 Å². The molecule has 0 aliphatic rings. The van der Waals surface area contributed by atoms with Gasteiger partial charge in [0, 0.05) is 5.03 Å². The Kier molecular flexibility index (Phi) is 4.91. The highest BCUT2D eigenvalue weighted by molar-refractivity contribution is 6.32. The summed E-state index contributed by atoms with van der Waals surface area (Å²) >= 11 is 5.91. The van der Waals surface area contributed by atoms with Crippen molar-refractivity contribution in [3.63, 3.8) is 0 Å². The second-order valence-electron chi connectivity index (χ2n) is 2.98. The van der Waals surface area contributed by atoms with Gasteiger partial charge >= 0.3 is 5.97 Å². The summed E-state index contributed by atoms with van der Waals surface area (Å²) in [4.78, 5) is 11.1. The number of hydrogen-bond donors (Lipinski definition) is 0. The van der Waals surface area contributed by atoms with Gasteiger partial charge in [-0.15, -0.1) is 0 Å². The van der Waals surface area contributed by atoms with Crippen LogP contribution < -0.4 is 0 Å². The van der Waals surface area contributed by atoms with Crippen LogP contribution in [0.25, 0.3) is 6.08 Å². The highest BCUT2D eigenvalue weighted by atomic mass is 35.5. The predicted octanol–water partition coefficient (Wildman–Crippen LogP) is 3.22. The molecule has 0 aromatic heterocycles. The van der Waals surface area contributed by atoms with Gasteiger partial charge in [0.15, 0.2) is 0 Å². The fourth-order valence-corrected chi connectivity index (χ4v) is 1.37. The van der Waals surface area contributed by atoms with Gasteiger partial charge in [0.25, 0.3) is 0 Å². The zero-order valence-corrected chi connectivity index (χ0v) is 9.33. The van der Waals surface area contributed by atoms with Crippen LogP contribution in [0.3, 0.4) is 0 Å². The van der Waals surface area contributed by atoms with Gasteiger partial charge in [-0.1, -0.05) is 41.9 Å². The average molecular weight is 225 g/mol. The second kappa shape index (κ2) is 6.25. The molecule has 0 saturated heterocycles. The summed E-state index contributed by atoms with van der Waals surface area (Å²) in [5.41, 5.74) is 0.979. The summed E-state index contributed by atoms with van der Waals surface area (Å²) in [5.74, 6) is -0.297. The topological polar surface area (TPSA) is 26.3 Å². The van der Waals surface area contributed by atoms with Gasteiger partial charge in [-0.3, -0.25) is 4.79 Å². The fraction of sp³-hybridized carbons (Fsp3) is 0.250. The van der Waals surface area contributed by atoms with E-state index in [-0.39, 0.29) is 12.4 Å². The minimum Gasteiger partial charge on any atom is -0.466 e. The molecule has 1 aromatic carbocycles. The van der Waals surface area contributed by atoms with Crippen LogP contribution in [0.15, 0.2) is 35.4 Å². The maximum Gasteiger partial charge on any atom is 0.311 e. The van der Waals surface area contributed by atoms with E-state index in [0.717, 1.165) is 5.56 Å². The lowest BCUT2D eigenvalue weighted by Crippen LogP contribution is -2.03. The second-order valence-corrected chi connectivity index (χ2v) is 3.47. The number of hydrogen-bond acceptors (Lipinski definition) is 2. The molecule has 0 spiro atoms. The summed E-state index contributed by atoms with van der Waals surface area (Å²) < 4.78 is 4.79. The van der Waals surface area contributed by atoms with Crippen LogP contribution in [0.1, 0.15) is 18.9 Å². The molecule has 0 N–H and O–H groups in total. The number of ether oxygens (including phenoxy) is 1. The first-order valence-electron chi connectivity index (χ1n) is 4.79. The smallest absolute Gasteiger partial charge is 0.311 e. The molecular weight excluding hydrogens is 212 g/mol. The molecule has 0 bridgehead atoms. The van der Waals surface area contributed by atoms with Crippen LogP contribution in [-0.2, 0) is 9.53 Å². The van der Waals surface area contributed by atoms with Gasteiger partial charge in [0.2, 0.25) is 0 Å². The van der Waals surface area contributed by atoms with Crippen molar-refractivity contribution in [1.82, 2.24) is 0 Å². The Morgan fingerprint density at radius 1 is 1.40 bits per heavy atom. The molecule has 0 atom stereocenters. The molecule has 1 rings (SSSR count). The van der Waals surface area contributed by atoms with E-state index in [2.05, 4.69) is 0 Å². The predicted molar refractivity (Wildman–Crippen MR) is 61.5 cm³/mol. The molecule has 80 valence electrons. The van der Waals surface area contributed by atoms with Crippen LogP contribution in [0.2, 0.25) is 0 Å². The summed E-state index contributed by atoms with van der Waals surface area (Å²) in [6.07, 6.45) is 1.89. The van der Waals surface area contributed by atoms with Gasteiger partial charge in [-0.05, 0) is 18.6 Å². The highest BCUT2D eigenvalue weighted by Crippen LogP contribution is 2.14. The monoisotopic (exact) mass is 224 g/mol. The van der Waals surface area contributed by atoms with E-state index >= 15 is 0 Å². The van der Waals surface area contributed by atoms with Crippen molar-refractivity contribution < 1.29 is 9.53 Å². The molecule has 0 aliphatic carbocycles. The first-order chi connectivity index (χ1) is 7.22. The first kappa shape index (κ1) is 11.8. The van der Waals surface area contributed by atoms with Crippen molar-refractivity contribution in [2.75, 3.05) is 6.61 Å². The van der Waals surface area contributed by atoms with Gasteiger partial charge < -0.3 is 4.74 Å². The average Bonchev–Trinajstić information content (AvgIpc) is 2.19. The highest BCUT2D eigenvalue weighted by Gasteiger charge is 2.03. The van der Waals surface area contributed by atoms with Crippen molar-refractivity contribution in [1.29, 1.82) is 0 Å². The zero-order chi connectivity index (χ0) is 11.1. The Labute approximate surface area is 94.5 Å². The van der Waals surface area contributed by atoms with Gasteiger partial charge in [-0.25, -0.2) is 0 Å². The van der Waals surface area contributed by atoms with E-state index in [9.17, 15) is 4.79 Å². The third kappa shape index (κ3) is 4.66. The Bertz CT molecular complexity index is 344. The van der Waals surface area contributed by atoms with Gasteiger partial charge in [0.05, 0.1) is 13.0 Å².